The Morgan fingerprint density at radius 1 is 0.939 bits per heavy atom. The topological polar surface area (TPSA) is 73.6 Å². The van der Waals surface area contributed by atoms with Gasteiger partial charge in [0, 0.05) is 17.3 Å². The number of ether oxygens (including phenoxy) is 2. The van der Waals surface area contributed by atoms with Crippen LogP contribution in [0.1, 0.15) is 5.56 Å². The van der Waals surface area contributed by atoms with Crippen molar-refractivity contribution in [3.8, 4) is 28.4 Å². The van der Waals surface area contributed by atoms with Crippen LogP contribution >= 0.6 is 11.3 Å². The third kappa shape index (κ3) is 3.92. The fraction of sp³-hybridized carbons (Fsp3) is 0.0800. The molecule has 0 spiro atoms. The lowest BCUT2D eigenvalue weighted by molar-refractivity contribution is 0.171. The third-order valence-corrected chi connectivity index (χ3v) is 6.18. The molecule has 0 atom stereocenters. The van der Waals surface area contributed by atoms with Crippen LogP contribution in [-0.2, 0) is 0 Å². The van der Waals surface area contributed by atoms with Crippen LogP contribution in [0.3, 0.4) is 0 Å². The molecule has 3 heterocycles. The van der Waals surface area contributed by atoms with Crippen LogP contribution in [0.5, 0.6) is 11.5 Å². The molecule has 0 radical (unpaired) electrons. The number of benzene rings is 3. The number of nitrogens with zero attached hydrogens (tertiary/aromatic N) is 4. The van der Waals surface area contributed by atoms with E-state index >= 15 is 0 Å². The van der Waals surface area contributed by atoms with E-state index in [-0.39, 0.29) is 0 Å². The minimum absolute atomic E-state index is 0.537. The van der Waals surface area contributed by atoms with Crippen LogP contribution in [0.25, 0.3) is 27.2 Å². The van der Waals surface area contributed by atoms with Crippen LogP contribution in [0, 0.1) is 0 Å². The van der Waals surface area contributed by atoms with Crippen molar-refractivity contribution >= 4 is 32.9 Å². The number of fused-ring (bicyclic) bond motifs is 2. The lowest BCUT2D eigenvalue weighted by Gasteiger charge is -2.18. The van der Waals surface area contributed by atoms with E-state index in [2.05, 4.69) is 15.5 Å². The smallest absolute Gasteiger partial charge is 0.204 e. The number of hydrogen-bond donors (Lipinski definition) is 1. The lowest BCUT2D eigenvalue weighted by Crippen LogP contribution is -2.15. The lowest BCUT2D eigenvalue weighted by atomic mass is 10.1. The SMILES string of the molecule is C(=N\Nc1nc2ccccc2s1)/c1cn(-c2ccccc2)nc1-c1ccc2c(c1)OCCO2. The molecular weight excluding hydrogens is 434 g/mol. The van der Waals surface area contributed by atoms with E-state index in [0.717, 1.165) is 49.4 Å². The number of hydrogen-bond acceptors (Lipinski definition) is 7. The van der Waals surface area contributed by atoms with Gasteiger partial charge in [-0.05, 0) is 42.5 Å². The average Bonchev–Trinajstić information content (AvgIpc) is 3.48. The van der Waals surface area contributed by atoms with Crippen molar-refractivity contribution in [3.63, 3.8) is 0 Å². The Morgan fingerprint density at radius 2 is 1.76 bits per heavy atom. The van der Waals surface area contributed by atoms with Gasteiger partial charge in [0.1, 0.15) is 18.9 Å². The first-order chi connectivity index (χ1) is 16.3. The molecule has 3 aromatic carbocycles. The highest BCUT2D eigenvalue weighted by molar-refractivity contribution is 7.22. The maximum Gasteiger partial charge on any atom is 0.204 e. The van der Waals surface area contributed by atoms with Crippen LogP contribution in [0.2, 0.25) is 0 Å². The number of hydrazone groups is 1. The van der Waals surface area contributed by atoms with Crippen molar-refractivity contribution in [2.75, 3.05) is 18.6 Å². The summed E-state index contributed by atoms with van der Waals surface area (Å²) < 4.78 is 14.4. The minimum atomic E-state index is 0.537. The van der Waals surface area contributed by atoms with E-state index in [0.29, 0.717) is 13.2 Å². The Bertz CT molecular complexity index is 1430. The Labute approximate surface area is 193 Å². The summed E-state index contributed by atoms with van der Waals surface area (Å²) in [7, 11) is 0. The molecule has 0 unspecified atom stereocenters. The number of aromatic nitrogens is 3. The zero-order valence-electron chi connectivity index (χ0n) is 17.5. The van der Waals surface area contributed by atoms with Gasteiger partial charge >= 0.3 is 0 Å². The third-order valence-electron chi connectivity index (χ3n) is 5.24. The fourth-order valence-corrected chi connectivity index (χ4v) is 4.50. The molecule has 8 heteroatoms. The van der Waals surface area contributed by atoms with E-state index in [1.165, 1.54) is 0 Å². The van der Waals surface area contributed by atoms with Crippen molar-refractivity contribution in [2.24, 2.45) is 5.10 Å². The van der Waals surface area contributed by atoms with E-state index in [1.807, 2.05) is 83.7 Å². The first-order valence-corrected chi connectivity index (χ1v) is 11.3. The summed E-state index contributed by atoms with van der Waals surface area (Å²) >= 11 is 1.56. The molecule has 162 valence electrons. The Hall–Kier alpha value is -4.17. The molecule has 1 aliphatic rings. The molecule has 1 N–H and O–H groups in total. The van der Waals surface area contributed by atoms with Crippen molar-refractivity contribution in [3.05, 3.63) is 84.6 Å². The monoisotopic (exact) mass is 453 g/mol. The quantitative estimate of drug-likeness (QED) is 0.286. The highest BCUT2D eigenvalue weighted by atomic mass is 32.1. The number of nitrogens with one attached hydrogen (secondary N) is 1. The standard InChI is InChI=1S/C25H19N5O2S/c1-2-6-19(7-3-1)30-16-18(15-26-28-25-27-20-8-4-5-9-23(20)33-25)24(29-30)17-10-11-21-22(14-17)32-13-12-31-21/h1-11,14-16H,12-13H2,(H,27,28)/b26-15+. The van der Waals surface area contributed by atoms with Crippen LogP contribution < -0.4 is 14.9 Å². The van der Waals surface area contributed by atoms with Crippen molar-refractivity contribution in [1.82, 2.24) is 14.8 Å². The van der Waals surface area contributed by atoms with Crippen LogP contribution in [0.15, 0.2) is 84.1 Å². The normalized spacial score (nSPS) is 13.0. The first-order valence-electron chi connectivity index (χ1n) is 10.5. The fourth-order valence-electron chi connectivity index (χ4n) is 3.69. The van der Waals surface area contributed by atoms with Crippen LogP contribution in [-0.4, -0.2) is 34.2 Å². The van der Waals surface area contributed by atoms with Gasteiger partial charge in [0.05, 0.1) is 22.1 Å². The molecule has 6 rings (SSSR count). The number of rotatable bonds is 5. The van der Waals surface area contributed by atoms with Gasteiger partial charge in [-0.25, -0.2) is 9.67 Å². The van der Waals surface area contributed by atoms with E-state index < -0.39 is 0 Å². The molecule has 0 aliphatic carbocycles. The Kier molecular flexibility index (Phi) is 4.97. The van der Waals surface area contributed by atoms with E-state index in [4.69, 9.17) is 14.6 Å². The second-order valence-corrected chi connectivity index (χ2v) is 8.46. The molecule has 2 aromatic heterocycles. The van der Waals surface area contributed by atoms with Crippen molar-refractivity contribution in [2.45, 2.75) is 0 Å². The zero-order chi connectivity index (χ0) is 22.0. The molecule has 33 heavy (non-hydrogen) atoms. The molecular formula is C25H19N5O2S. The molecule has 0 fully saturated rings. The Balaban J connectivity index is 1.35. The molecule has 0 saturated heterocycles. The summed E-state index contributed by atoms with van der Waals surface area (Å²) in [5.74, 6) is 1.48. The van der Waals surface area contributed by atoms with Crippen molar-refractivity contribution in [1.29, 1.82) is 0 Å². The number of thiazole rings is 1. The van der Waals surface area contributed by atoms with Gasteiger partial charge in [0.25, 0.3) is 0 Å². The zero-order valence-corrected chi connectivity index (χ0v) is 18.3. The predicted molar refractivity (Wildman–Crippen MR) is 131 cm³/mol. The summed E-state index contributed by atoms with van der Waals surface area (Å²) in [6.07, 6.45) is 3.73. The number of anilines is 1. The molecule has 0 saturated carbocycles. The summed E-state index contributed by atoms with van der Waals surface area (Å²) in [4.78, 5) is 4.57. The summed E-state index contributed by atoms with van der Waals surface area (Å²) in [5.41, 5.74) is 7.56. The van der Waals surface area contributed by atoms with E-state index in [9.17, 15) is 0 Å². The maximum absolute atomic E-state index is 5.77. The molecule has 7 nitrogen and oxygen atoms in total. The van der Waals surface area contributed by atoms with Crippen molar-refractivity contribution < 1.29 is 9.47 Å². The average molecular weight is 454 g/mol. The number of para-hydroxylation sites is 2. The molecule has 0 bridgehead atoms. The van der Waals surface area contributed by atoms with Gasteiger partial charge in [-0.1, -0.05) is 41.7 Å². The maximum atomic E-state index is 5.77. The van der Waals surface area contributed by atoms with Gasteiger partial charge < -0.3 is 9.47 Å². The molecule has 1 aliphatic heterocycles. The van der Waals surface area contributed by atoms with Crippen LogP contribution in [0.4, 0.5) is 5.13 Å². The first kappa shape index (κ1) is 19.5. The van der Waals surface area contributed by atoms with Gasteiger partial charge in [0.2, 0.25) is 5.13 Å². The molecule has 0 amide bonds. The highest BCUT2D eigenvalue weighted by Crippen LogP contribution is 2.35. The van der Waals surface area contributed by atoms with E-state index in [1.54, 1.807) is 17.6 Å². The van der Waals surface area contributed by atoms with Gasteiger partial charge in [0.15, 0.2) is 11.5 Å². The predicted octanol–water partition coefficient (Wildman–Crippen LogP) is 5.37. The highest BCUT2D eigenvalue weighted by Gasteiger charge is 2.16. The van der Waals surface area contributed by atoms with Gasteiger partial charge in [-0.3, -0.25) is 5.43 Å². The summed E-state index contributed by atoms with van der Waals surface area (Å²) in [5, 5.41) is 10.0. The molecule has 5 aromatic rings. The van der Waals surface area contributed by atoms with Gasteiger partial charge in [-0.2, -0.15) is 10.2 Å². The second-order valence-electron chi connectivity index (χ2n) is 7.43. The largest absolute Gasteiger partial charge is 0.486 e. The summed E-state index contributed by atoms with van der Waals surface area (Å²) in [6.45, 7) is 1.10. The minimum Gasteiger partial charge on any atom is -0.486 e. The Morgan fingerprint density at radius 3 is 2.64 bits per heavy atom. The van der Waals surface area contributed by atoms with Gasteiger partial charge in [-0.15, -0.1) is 0 Å². The second kappa shape index (κ2) is 8.40. The summed E-state index contributed by atoms with van der Waals surface area (Å²) in [6, 6.07) is 23.9.